The van der Waals surface area contributed by atoms with Crippen LogP contribution in [0.5, 0.6) is 0 Å². The molecule has 0 saturated heterocycles. The largest absolute Gasteiger partial charge is 0.352 e. The van der Waals surface area contributed by atoms with Gasteiger partial charge in [0.2, 0.25) is 11.7 Å². The molecule has 0 aliphatic heterocycles. The van der Waals surface area contributed by atoms with Crippen molar-refractivity contribution in [2.75, 3.05) is 25.0 Å². The number of ketones is 1. The van der Waals surface area contributed by atoms with Gasteiger partial charge >= 0.3 is 6.03 Å². The van der Waals surface area contributed by atoms with Gasteiger partial charge in [-0.2, -0.15) is 0 Å². The first-order valence-corrected chi connectivity index (χ1v) is 9.65. The first kappa shape index (κ1) is 18.0. The van der Waals surface area contributed by atoms with Gasteiger partial charge in [0.05, 0.1) is 15.1 Å². The Kier molecular flexibility index (Phi) is 5.92. The highest BCUT2D eigenvalue weighted by atomic mass is 32.1. The number of aromatic nitrogens is 2. The van der Waals surface area contributed by atoms with Gasteiger partial charge in [0.1, 0.15) is 5.69 Å². The Balaban J connectivity index is 1.69. The second-order valence-corrected chi connectivity index (χ2v) is 7.05. The maximum absolute atomic E-state index is 12.7. The van der Waals surface area contributed by atoms with E-state index in [0.717, 1.165) is 10.2 Å². The molecule has 26 heavy (non-hydrogen) atoms. The second-order valence-electron chi connectivity index (χ2n) is 5.19. The van der Waals surface area contributed by atoms with Gasteiger partial charge in [-0.25, -0.2) is 14.8 Å². The van der Waals surface area contributed by atoms with Crippen molar-refractivity contribution in [2.45, 2.75) is 0 Å². The van der Waals surface area contributed by atoms with E-state index in [4.69, 9.17) is 0 Å². The molecule has 3 rings (SSSR count). The third-order valence-electron chi connectivity index (χ3n) is 3.36. The molecule has 0 radical (unpaired) electrons. The number of carbonyl (C=O) groups excluding carboxylic acids is 2. The molecule has 2 amide bonds. The van der Waals surface area contributed by atoms with Crippen LogP contribution < -0.4 is 16.0 Å². The van der Waals surface area contributed by atoms with Crippen molar-refractivity contribution in [2.24, 2.45) is 0 Å². The van der Waals surface area contributed by atoms with Crippen molar-refractivity contribution < 1.29 is 9.59 Å². The van der Waals surface area contributed by atoms with Crippen molar-refractivity contribution in [3.8, 4) is 0 Å². The zero-order valence-corrected chi connectivity index (χ0v) is 15.5. The highest BCUT2D eigenvalue weighted by Gasteiger charge is 2.18. The molecule has 0 saturated carbocycles. The topological polar surface area (TPSA) is 96.0 Å². The van der Waals surface area contributed by atoms with E-state index in [-0.39, 0.29) is 11.8 Å². The summed E-state index contributed by atoms with van der Waals surface area (Å²) in [7, 11) is 0. The zero-order valence-electron chi connectivity index (χ0n) is 13.8. The SMILES string of the molecule is C=CCNC(=O)NCCNc1nc(C(=O)c2cccs2)c2sccc2n1. The Bertz CT molecular complexity index is 921. The number of nitrogens with one attached hydrogen (secondary N) is 3. The average molecular weight is 387 g/mol. The molecule has 0 aromatic carbocycles. The fourth-order valence-electron chi connectivity index (χ4n) is 2.20. The highest BCUT2D eigenvalue weighted by molar-refractivity contribution is 7.17. The number of nitrogens with zero attached hydrogens (tertiary/aromatic N) is 2. The van der Waals surface area contributed by atoms with E-state index < -0.39 is 0 Å². The fraction of sp³-hybridized carbons (Fsp3) is 0.176. The summed E-state index contributed by atoms with van der Waals surface area (Å²) in [6.45, 7) is 4.77. The van der Waals surface area contributed by atoms with Crippen LogP contribution in [0.2, 0.25) is 0 Å². The van der Waals surface area contributed by atoms with E-state index in [0.29, 0.717) is 36.2 Å². The zero-order chi connectivity index (χ0) is 18.4. The van der Waals surface area contributed by atoms with Gasteiger partial charge in [-0.3, -0.25) is 4.79 Å². The molecule has 7 nitrogen and oxygen atoms in total. The molecule has 3 aromatic rings. The number of hydrogen-bond acceptors (Lipinski definition) is 7. The minimum Gasteiger partial charge on any atom is -0.352 e. The number of amides is 2. The van der Waals surface area contributed by atoms with Crippen LogP contribution in [-0.2, 0) is 0 Å². The summed E-state index contributed by atoms with van der Waals surface area (Å²) >= 11 is 2.83. The Morgan fingerprint density at radius 1 is 1.12 bits per heavy atom. The van der Waals surface area contributed by atoms with Crippen LogP contribution in [-0.4, -0.2) is 41.4 Å². The van der Waals surface area contributed by atoms with Crippen molar-refractivity contribution in [3.05, 3.63) is 52.2 Å². The lowest BCUT2D eigenvalue weighted by atomic mass is 10.2. The molecule has 0 aliphatic rings. The van der Waals surface area contributed by atoms with E-state index >= 15 is 0 Å². The standard InChI is InChI=1S/C17H17N5O2S2/c1-2-6-19-17(24)20-8-7-18-16-21-11-5-10-26-15(11)13(22-16)14(23)12-4-3-9-25-12/h2-5,9-10H,1,6-8H2,(H,18,21,22)(H2,19,20,24). The lowest BCUT2D eigenvalue weighted by Gasteiger charge is -2.09. The molecule has 0 unspecified atom stereocenters. The van der Waals surface area contributed by atoms with Crippen molar-refractivity contribution in [1.29, 1.82) is 0 Å². The van der Waals surface area contributed by atoms with Crippen molar-refractivity contribution >= 4 is 50.7 Å². The number of hydrogen-bond donors (Lipinski definition) is 3. The maximum atomic E-state index is 12.7. The third-order valence-corrected chi connectivity index (χ3v) is 5.14. The van der Waals surface area contributed by atoms with E-state index in [1.807, 2.05) is 22.9 Å². The van der Waals surface area contributed by atoms with E-state index in [1.54, 1.807) is 12.1 Å². The van der Waals surface area contributed by atoms with Gasteiger partial charge in [0, 0.05) is 19.6 Å². The van der Waals surface area contributed by atoms with Gasteiger partial charge in [-0.1, -0.05) is 12.1 Å². The summed E-state index contributed by atoms with van der Waals surface area (Å²) < 4.78 is 0.774. The summed E-state index contributed by atoms with van der Waals surface area (Å²) in [4.78, 5) is 33.6. The Hall–Kier alpha value is -2.78. The molecule has 9 heteroatoms. The molecule has 134 valence electrons. The molecule has 0 spiro atoms. The molecule has 0 atom stereocenters. The molecule has 0 bridgehead atoms. The third kappa shape index (κ3) is 4.24. The van der Waals surface area contributed by atoms with E-state index in [2.05, 4.69) is 32.5 Å². The van der Waals surface area contributed by atoms with Crippen LogP contribution in [0.1, 0.15) is 15.4 Å². The normalized spacial score (nSPS) is 10.5. The lowest BCUT2D eigenvalue weighted by molar-refractivity contribution is 0.103. The quantitative estimate of drug-likeness (QED) is 0.314. The molecule has 0 fully saturated rings. The van der Waals surface area contributed by atoms with Gasteiger partial charge in [0.25, 0.3) is 0 Å². The second kappa shape index (κ2) is 8.54. The lowest BCUT2D eigenvalue weighted by Crippen LogP contribution is -2.38. The number of thiophene rings is 2. The van der Waals surface area contributed by atoms with Gasteiger partial charge in [-0.15, -0.1) is 29.3 Å². The van der Waals surface area contributed by atoms with Crippen molar-refractivity contribution in [1.82, 2.24) is 20.6 Å². The maximum Gasteiger partial charge on any atom is 0.315 e. The number of carbonyl (C=O) groups is 2. The van der Waals surface area contributed by atoms with Crippen molar-refractivity contribution in [3.63, 3.8) is 0 Å². The molecule has 3 heterocycles. The fourth-order valence-corrected chi connectivity index (χ4v) is 3.68. The molecule has 0 aliphatic carbocycles. The predicted octanol–water partition coefficient (Wildman–Crippen LogP) is 2.88. The summed E-state index contributed by atoms with van der Waals surface area (Å²) in [5, 5.41) is 12.1. The Labute approximate surface area is 158 Å². The number of urea groups is 1. The summed E-state index contributed by atoms with van der Waals surface area (Å²) in [6.07, 6.45) is 1.61. The Morgan fingerprint density at radius 2 is 2.00 bits per heavy atom. The summed E-state index contributed by atoms with van der Waals surface area (Å²) in [6, 6.07) is 5.22. The van der Waals surface area contributed by atoms with Crippen LogP contribution in [0.3, 0.4) is 0 Å². The van der Waals surface area contributed by atoms with Crippen LogP contribution in [0.4, 0.5) is 10.7 Å². The number of anilines is 1. The minimum atomic E-state index is -0.269. The summed E-state index contributed by atoms with van der Waals surface area (Å²) in [5.74, 6) is 0.254. The molecular weight excluding hydrogens is 370 g/mol. The minimum absolute atomic E-state index is 0.111. The predicted molar refractivity (Wildman–Crippen MR) is 105 cm³/mol. The van der Waals surface area contributed by atoms with Crippen LogP contribution in [0, 0.1) is 0 Å². The van der Waals surface area contributed by atoms with Gasteiger partial charge in [0.15, 0.2) is 0 Å². The average Bonchev–Trinajstić information content (AvgIpc) is 3.33. The van der Waals surface area contributed by atoms with Crippen LogP contribution in [0.25, 0.3) is 10.2 Å². The van der Waals surface area contributed by atoms with Crippen LogP contribution >= 0.6 is 22.7 Å². The first-order valence-electron chi connectivity index (χ1n) is 7.89. The number of fused-ring (bicyclic) bond motifs is 1. The highest BCUT2D eigenvalue weighted by Crippen LogP contribution is 2.26. The van der Waals surface area contributed by atoms with Gasteiger partial charge < -0.3 is 16.0 Å². The van der Waals surface area contributed by atoms with Crippen LogP contribution in [0.15, 0.2) is 41.6 Å². The van der Waals surface area contributed by atoms with E-state index in [1.165, 1.54) is 22.7 Å². The molecule has 3 N–H and O–H groups in total. The molecule has 3 aromatic heterocycles. The monoisotopic (exact) mass is 387 g/mol. The van der Waals surface area contributed by atoms with Gasteiger partial charge in [-0.05, 0) is 22.9 Å². The Morgan fingerprint density at radius 3 is 2.77 bits per heavy atom. The first-order chi connectivity index (χ1) is 12.7. The molecular formula is C17H17N5O2S2. The smallest absolute Gasteiger partial charge is 0.315 e. The van der Waals surface area contributed by atoms with E-state index in [9.17, 15) is 9.59 Å². The number of rotatable bonds is 8. The summed E-state index contributed by atoms with van der Waals surface area (Å²) in [5.41, 5.74) is 1.12.